The van der Waals surface area contributed by atoms with Crippen molar-refractivity contribution in [2.75, 3.05) is 6.54 Å². The third kappa shape index (κ3) is 8.71. The first kappa shape index (κ1) is 14.1. The van der Waals surface area contributed by atoms with Gasteiger partial charge in [0.25, 0.3) is 0 Å². The molecule has 5 nitrogen and oxygen atoms in total. The Balaban J connectivity index is 0.000000293. The van der Waals surface area contributed by atoms with Crippen LogP contribution in [0.5, 0.6) is 0 Å². The van der Waals surface area contributed by atoms with E-state index in [2.05, 4.69) is 12.1 Å². The first-order valence-electron chi connectivity index (χ1n) is 4.74. The van der Waals surface area contributed by atoms with Crippen molar-refractivity contribution in [3.63, 3.8) is 0 Å². The number of carboxylic acid groups (broad SMARTS) is 2. The maximum Gasteiger partial charge on any atom is 0.314 e. The Labute approximate surface area is 93.5 Å². The summed E-state index contributed by atoms with van der Waals surface area (Å²) in [7, 11) is 0. The molecule has 0 fully saturated rings. The van der Waals surface area contributed by atoms with Gasteiger partial charge in [0.1, 0.15) is 6.42 Å². The average molecular weight is 225 g/mol. The van der Waals surface area contributed by atoms with E-state index in [4.69, 9.17) is 15.9 Å². The first-order valence-corrected chi connectivity index (χ1v) is 4.74. The summed E-state index contributed by atoms with van der Waals surface area (Å²) in [6, 6.07) is 10.3. The van der Waals surface area contributed by atoms with Crippen molar-refractivity contribution < 1.29 is 19.8 Å². The van der Waals surface area contributed by atoms with Gasteiger partial charge < -0.3 is 15.9 Å². The summed E-state index contributed by atoms with van der Waals surface area (Å²) in [5.74, 6) is -2.62. The fraction of sp³-hybridized carbons (Fsp3) is 0.273. The van der Waals surface area contributed by atoms with E-state index in [-0.39, 0.29) is 0 Å². The highest BCUT2D eigenvalue weighted by atomic mass is 16.4. The lowest BCUT2D eigenvalue weighted by Crippen LogP contribution is -2.03. The zero-order valence-corrected chi connectivity index (χ0v) is 8.80. The molecule has 16 heavy (non-hydrogen) atoms. The van der Waals surface area contributed by atoms with E-state index in [0.29, 0.717) is 0 Å². The molecule has 4 N–H and O–H groups in total. The molecule has 1 aromatic rings. The van der Waals surface area contributed by atoms with Gasteiger partial charge in [0, 0.05) is 0 Å². The van der Waals surface area contributed by atoms with Crippen molar-refractivity contribution in [2.45, 2.75) is 12.8 Å². The highest BCUT2D eigenvalue weighted by Crippen LogP contribution is 1.96. The number of aliphatic carboxylic acids is 2. The number of nitrogens with two attached hydrogens (primary N) is 1. The molecular weight excluding hydrogens is 210 g/mol. The van der Waals surface area contributed by atoms with Gasteiger partial charge in [0.15, 0.2) is 0 Å². The SMILES string of the molecule is NCCc1ccccc1.O=C(O)CC(=O)O. The Bertz CT molecular complexity index is 312. The minimum Gasteiger partial charge on any atom is -0.481 e. The molecule has 0 aliphatic rings. The summed E-state index contributed by atoms with van der Waals surface area (Å²) in [4.78, 5) is 18.9. The van der Waals surface area contributed by atoms with E-state index in [1.165, 1.54) is 5.56 Å². The van der Waals surface area contributed by atoms with Gasteiger partial charge in [-0.15, -0.1) is 0 Å². The van der Waals surface area contributed by atoms with Crippen LogP contribution in [-0.4, -0.2) is 28.7 Å². The van der Waals surface area contributed by atoms with Crippen molar-refractivity contribution >= 4 is 11.9 Å². The second kappa shape index (κ2) is 8.43. The Hall–Kier alpha value is -1.88. The predicted molar refractivity (Wildman–Crippen MR) is 59.1 cm³/mol. The molecule has 0 spiro atoms. The van der Waals surface area contributed by atoms with E-state index in [0.717, 1.165) is 13.0 Å². The van der Waals surface area contributed by atoms with Crippen LogP contribution in [0.25, 0.3) is 0 Å². The van der Waals surface area contributed by atoms with Crippen LogP contribution in [0.3, 0.4) is 0 Å². The number of carbonyl (C=O) groups is 2. The van der Waals surface area contributed by atoms with E-state index in [1.807, 2.05) is 18.2 Å². The molecule has 1 rings (SSSR count). The molecule has 88 valence electrons. The number of hydrogen-bond donors (Lipinski definition) is 3. The van der Waals surface area contributed by atoms with Crippen LogP contribution in [0, 0.1) is 0 Å². The van der Waals surface area contributed by atoms with E-state index >= 15 is 0 Å². The molecule has 0 radical (unpaired) electrons. The second-order valence-electron chi connectivity index (χ2n) is 2.99. The number of benzene rings is 1. The van der Waals surface area contributed by atoms with Crippen molar-refractivity contribution in [3.05, 3.63) is 35.9 Å². The average Bonchev–Trinajstić information content (AvgIpc) is 2.18. The van der Waals surface area contributed by atoms with Crippen molar-refractivity contribution in [1.29, 1.82) is 0 Å². The Morgan fingerprint density at radius 2 is 1.56 bits per heavy atom. The summed E-state index contributed by atoms with van der Waals surface area (Å²) in [5, 5.41) is 15.4. The standard InChI is InChI=1S/C8H11N.C3H4O4/c9-7-6-8-4-2-1-3-5-8;4-2(5)1-3(6)7/h1-5H,6-7,9H2;1H2,(H,4,5)(H,6,7). The lowest BCUT2D eigenvalue weighted by molar-refractivity contribution is -0.147. The van der Waals surface area contributed by atoms with E-state index in [9.17, 15) is 9.59 Å². The first-order chi connectivity index (χ1) is 7.56. The zero-order valence-electron chi connectivity index (χ0n) is 8.80. The molecule has 0 aromatic heterocycles. The van der Waals surface area contributed by atoms with Gasteiger partial charge in [-0.05, 0) is 18.5 Å². The van der Waals surface area contributed by atoms with Crippen LogP contribution < -0.4 is 5.73 Å². The number of rotatable bonds is 4. The van der Waals surface area contributed by atoms with Crippen LogP contribution in [0.4, 0.5) is 0 Å². The van der Waals surface area contributed by atoms with Crippen molar-refractivity contribution in [2.24, 2.45) is 5.73 Å². The zero-order chi connectivity index (χ0) is 12.4. The van der Waals surface area contributed by atoms with Crippen LogP contribution in [0.1, 0.15) is 12.0 Å². The Morgan fingerprint density at radius 1 is 1.06 bits per heavy atom. The molecule has 0 heterocycles. The minimum absolute atomic E-state index is 0.740. The van der Waals surface area contributed by atoms with E-state index in [1.54, 1.807) is 0 Å². The largest absolute Gasteiger partial charge is 0.481 e. The summed E-state index contributed by atoms with van der Waals surface area (Å²) in [6.45, 7) is 0.740. The van der Waals surface area contributed by atoms with Gasteiger partial charge in [-0.2, -0.15) is 0 Å². The van der Waals surface area contributed by atoms with Crippen LogP contribution in [0.15, 0.2) is 30.3 Å². The summed E-state index contributed by atoms with van der Waals surface area (Å²) >= 11 is 0. The van der Waals surface area contributed by atoms with Crippen molar-refractivity contribution in [1.82, 2.24) is 0 Å². The molecule has 5 heteroatoms. The lowest BCUT2D eigenvalue weighted by atomic mass is 10.2. The molecular formula is C11H15NO4. The maximum absolute atomic E-state index is 9.43. The van der Waals surface area contributed by atoms with Gasteiger partial charge in [0.05, 0.1) is 0 Å². The summed E-state index contributed by atoms with van der Waals surface area (Å²) in [6.07, 6.45) is 0.181. The third-order valence-electron chi connectivity index (χ3n) is 1.58. The van der Waals surface area contributed by atoms with Gasteiger partial charge in [-0.25, -0.2) is 0 Å². The highest BCUT2D eigenvalue weighted by molar-refractivity contribution is 5.88. The third-order valence-corrected chi connectivity index (χ3v) is 1.58. The molecule has 1 aromatic carbocycles. The maximum atomic E-state index is 9.43. The van der Waals surface area contributed by atoms with Gasteiger partial charge in [0.2, 0.25) is 0 Å². The van der Waals surface area contributed by atoms with Crippen LogP contribution in [-0.2, 0) is 16.0 Å². The predicted octanol–water partition coefficient (Wildman–Crippen LogP) is 0.733. The number of hydrogen-bond acceptors (Lipinski definition) is 3. The van der Waals surface area contributed by atoms with Gasteiger partial charge in [-0.1, -0.05) is 30.3 Å². The molecule has 0 aliphatic carbocycles. The molecule has 0 saturated carbocycles. The Morgan fingerprint density at radius 3 is 1.88 bits per heavy atom. The summed E-state index contributed by atoms with van der Waals surface area (Å²) in [5.41, 5.74) is 6.68. The Kier molecular flexibility index (Phi) is 7.44. The number of carboxylic acids is 2. The monoisotopic (exact) mass is 225 g/mol. The molecule has 0 saturated heterocycles. The summed E-state index contributed by atoms with van der Waals surface area (Å²) < 4.78 is 0. The van der Waals surface area contributed by atoms with Crippen LogP contribution >= 0.6 is 0 Å². The van der Waals surface area contributed by atoms with Gasteiger partial charge >= 0.3 is 11.9 Å². The van der Waals surface area contributed by atoms with Gasteiger partial charge in [-0.3, -0.25) is 9.59 Å². The lowest BCUT2D eigenvalue weighted by Gasteiger charge is -1.93. The minimum atomic E-state index is -1.31. The van der Waals surface area contributed by atoms with Crippen LogP contribution in [0.2, 0.25) is 0 Å². The topological polar surface area (TPSA) is 101 Å². The fourth-order valence-corrected chi connectivity index (χ4v) is 0.941. The highest BCUT2D eigenvalue weighted by Gasteiger charge is 2.01. The fourth-order valence-electron chi connectivity index (χ4n) is 0.941. The van der Waals surface area contributed by atoms with E-state index < -0.39 is 18.4 Å². The molecule has 0 bridgehead atoms. The molecule has 0 atom stereocenters. The normalized spacial score (nSPS) is 8.81. The quantitative estimate of drug-likeness (QED) is 0.656. The second-order valence-corrected chi connectivity index (χ2v) is 2.99. The molecule has 0 aliphatic heterocycles. The molecule has 0 unspecified atom stereocenters. The van der Waals surface area contributed by atoms with Crippen molar-refractivity contribution in [3.8, 4) is 0 Å². The smallest absolute Gasteiger partial charge is 0.314 e. The molecule has 0 amide bonds.